The molecular formula is C35H63BN6O6. The normalized spacial score (nSPS) is 28.4. The summed E-state index contributed by atoms with van der Waals surface area (Å²) in [6.07, 6.45) is 11.1. The zero-order valence-electron chi connectivity index (χ0n) is 30.5. The van der Waals surface area contributed by atoms with Gasteiger partial charge < -0.3 is 25.3 Å². The number of piperidine rings is 1. The van der Waals surface area contributed by atoms with E-state index in [2.05, 4.69) is 56.8 Å². The van der Waals surface area contributed by atoms with E-state index < -0.39 is 18.1 Å². The molecule has 0 aromatic rings. The number of carbonyl (C=O) groups excluding carboxylic acids is 2. The molecule has 6 atom stereocenters. The van der Waals surface area contributed by atoms with Gasteiger partial charge in [0, 0.05) is 25.3 Å². The first-order valence-corrected chi connectivity index (χ1v) is 18.8. The van der Waals surface area contributed by atoms with Crippen molar-refractivity contribution in [1.29, 1.82) is 0 Å². The molecule has 0 aromatic heterocycles. The third kappa shape index (κ3) is 9.93. The summed E-state index contributed by atoms with van der Waals surface area (Å²) >= 11 is 0. The predicted octanol–water partition coefficient (Wildman–Crippen LogP) is 4.92. The van der Waals surface area contributed by atoms with Crippen molar-refractivity contribution < 1.29 is 23.9 Å². The minimum Gasteiger partial charge on any atom is -0.404 e. The summed E-state index contributed by atoms with van der Waals surface area (Å²) in [4.78, 5) is 44.5. The molecule has 2 saturated heterocycles. The molecule has 0 radical (unpaired) electrons. The number of guanidine groups is 1. The average molecular weight is 675 g/mol. The van der Waals surface area contributed by atoms with Gasteiger partial charge in [-0.3, -0.25) is 9.59 Å². The van der Waals surface area contributed by atoms with E-state index in [1.54, 1.807) is 0 Å². The van der Waals surface area contributed by atoms with Gasteiger partial charge in [-0.25, -0.2) is 15.1 Å². The first-order chi connectivity index (χ1) is 22.7. The lowest BCUT2D eigenvalue weighted by atomic mass is 9.43. The van der Waals surface area contributed by atoms with E-state index in [1.165, 1.54) is 32.2 Å². The Morgan fingerprint density at radius 3 is 2.52 bits per heavy atom. The number of nitrogens with zero attached hydrogens (tertiary/aromatic N) is 3. The number of ketones is 1. The van der Waals surface area contributed by atoms with Crippen molar-refractivity contribution in [3.8, 4) is 0 Å². The maximum absolute atomic E-state index is 14.0. The Hall–Kier alpha value is -2.25. The SMILES string of the molecule is CCCCN1CCC(CCCC(=O)C[C@@H](CCCN=C(N)N[N+](=O)[O-])C(=O)N[C@@H](CC(C)C)B2O[C@@H]3C[C@H]4C[C@H](C4(C)C)[C@]3(C)O2)CC1. The molecule has 0 aromatic carbocycles. The molecule has 4 N–H and O–H groups in total. The summed E-state index contributed by atoms with van der Waals surface area (Å²) in [5.74, 6) is 0.784. The lowest BCUT2D eigenvalue weighted by molar-refractivity contribution is -0.525. The molecule has 3 aliphatic carbocycles. The average Bonchev–Trinajstić information content (AvgIpc) is 3.38. The summed E-state index contributed by atoms with van der Waals surface area (Å²) < 4.78 is 13.3. The molecule has 5 rings (SSSR count). The Labute approximate surface area is 288 Å². The highest BCUT2D eigenvalue weighted by molar-refractivity contribution is 6.47. The molecule has 12 nitrogen and oxygen atoms in total. The van der Waals surface area contributed by atoms with Crippen LogP contribution in [0.25, 0.3) is 0 Å². The van der Waals surface area contributed by atoms with Crippen LogP contribution >= 0.6 is 0 Å². The lowest BCUT2D eigenvalue weighted by Gasteiger charge is -2.64. The number of hydrogen-bond acceptors (Lipinski definition) is 8. The van der Waals surface area contributed by atoms with Crippen LogP contribution in [0, 0.1) is 45.1 Å². The molecule has 0 spiro atoms. The van der Waals surface area contributed by atoms with Crippen LogP contribution in [0.3, 0.4) is 0 Å². The maximum Gasteiger partial charge on any atom is 0.481 e. The zero-order chi connectivity index (χ0) is 35.1. The minimum atomic E-state index is -0.757. The van der Waals surface area contributed by atoms with Crippen LogP contribution < -0.4 is 16.5 Å². The van der Waals surface area contributed by atoms with Gasteiger partial charge in [-0.1, -0.05) is 46.5 Å². The first-order valence-electron chi connectivity index (χ1n) is 18.8. The molecule has 2 heterocycles. The number of hydrazine groups is 1. The van der Waals surface area contributed by atoms with Gasteiger partial charge in [0.1, 0.15) is 5.78 Å². The van der Waals surface area contributed by atoms with E-state index in [0.717, 1.165) is 38.8 Å². The number of carbonyl (C=O) groups is 2. The quantitative estimate of drug-likeness (QED) is 0.0431. The third-order valence-corrected chi connectivity index (χ3v) is 12.0. The monoisotopic (exact) mass is 674 g/mol. The second-order valence-corrected chi connectivity index (χ2v) is 16.3. The van der Waals surface area contributed by atoms with Crippen LogP contribution in [-0.2, 0) is 18.9 Å². The van der Waals surface area contributed by atoms with Crippen LogP contribution in [-0.4, -0.2) is 78.5 Å². The van der Waals surface area contributed by atoms with Gasteiger partial charge in [-0.2, -0.15) is 0 Å². The van der Waals surface area contributed by atoms with Crippen molar-refractivity contribution in [3.05, 3.63) is 10.1 Å². The molecule has 272 valence electrons. The van der Waals surface area contributed by atoms with Crippen LogP contribution in [0.1, 0.15) is 125 Å². The fraction of sp³-hybridized carbons (Fsp3) is 0.914. The summed E-state index contributed by atoms with van der Waals surface area (Å²) in [5.41, 5.74) is 7.27. The number of nitro groups is 1. The number of unbranched alkanes of at least 4 members (excludes halogenated alkanes) is 1. The number of nitrogens with one attached hydrogen (secondary N) is 2. The summed E-state index contributed by atoms with van der Waals surface area (Å²) in [7, 11) is -0.538. The Balaban J connectivity index is 1.34. The van der Waals surface area contributed by atoms with E-state index in [4.69, 9.17) is 15.0 Å². The van der Waals surface area contributed by atoms with Crippen LogP contribution in [0.2, 0.25) is 0 Å². The number of rotatable bonds is 19. The minimum absolute atomic E-state index is 0.0166. The van der Waals surface area contributed by atoms with E-state index in [1.807, 2.05) is 5.43 Å². The molecule has 48 heavy (non-hydrogen) atoms. The second-order valence-electron chi connectivity index (χ2n) is 16.3. The van der Waals surface area contributed by atoms with E-state index in [-0.39, 0.29) is 53.7 Å². The van der Waals surface area contributed by atoms with Gasteiger partial charge in [0.15, 0.2) is 5.03 Å². The molecule has 3 saturated carbocycles. The Morgan fingerprint density at radius 1 is 1.15 bits per heavy atom. The van der Waals surface area contributed by atoms with Crippen molar-refractivity contribution in [1.82, 2.24) is 15.6 Å². The van der Waals surface area contributed by atoms with Gasteiger partial charge in [0.2, 0.25) is 5.91 Å². The highest BCUT2D eigenvalue weighted by Crippen LogP contribution is 2.65. The number of likely N-dealkylation sites (tertiary alicyclic amines) is 1. The number of aliphatic imine (C=N–C) groups is 1. The van der Waals surface area contributed by atoms with Gasteiger partial charge >= 0.3 is 7.12 Å². The second kappa shape index (κ2) is 17.1. The van der Waals surface area contributed by atoms with Gasteiger partial charge in [-0.05, 0) is 120 Å². The summed E-state index contributed by atoms with van der Waals surface area (Å²) in [6.45, 7) is 17.0. The van der Waals surface area contributed by atoms with Gasteiger partial charge in [0.05, 0.1) is 17.6 Å². The fourth-order valence-corrected chi connectivity index (χ4v) is 8.95. The molecule has 2 bridgehead atoms. The molecule has 0 unspecified atom stereocenters. The molecule has 2 aliphatic heterocycles. The van der Waals surface area contributed by atoms with E-state index >= 15 is 0 Å². The Bertz CT molecular complexity index is 1130. The van der Waals surface area contributed by atoms with Crippen LogP contribution in [0.15, 0.2) is 4.99 Å². The number of hydrogen-bond donors (Lipinski definition) is 3. The summed E-state index contributed by atoms with van der Waals surface area (Å²) in [5, 5.41) is 13.2. The molecule has 5 aliphatic rings. The topological polar surface area (TPSA) is 161 Å². The smallest absolute Gasteiger partial charge is 0.404 e. The largest absolute Gasteiger partial charge is 0.481 e. The van der Waals surface area contributed by atoms with Crippen molar-refractivity contribution in [3.63, 3.8) is 0 Å². The maximum atomic E-state index is 14.0. The number of Topliss-reactive ketones (excluding diaryl/α,β-unsaturated/α-hetero) is 1. The Kier molecular flexibility index (Phi) is 13.7. The number of nitrogens with two attached hydrogens (primary N) is 1. The predicted molar refractivity (Wildman–Crippen MR) is 188 cm³/mol. The third-order valence-electron chi connectivity index (χ3n) is 12.0. The lowest BCUT2D eigenvalue weighted by Crippen LogP contribution is -2.65. The van der Waals surface area contributed by atoms with Crippen molar-refractivity contribution >= 4 is 24.8 Å². The highest BCUT2D eigenvalue weighted by atomic mass is 16.7. The molecule has 13 heteroatoms. The molecule has 1 amide bonds. The fourth-order valence-electron chi connectivity index (χ4n) is 8.95. The number of amides is 1. The standard InChI is InChI=1S/C35H63BN6O6/c1-7-8-17-41-18-14-25(15-19-41)11-9-13-28(43)21-26(12-10-16-38-33(37)40-42(45)46)32(44)39-31(20-24(2)3)36-47-30-23-27-22-29(34(27,4)5)35(30,6)48-36/h24-27,29-31H,7-23H2,1-6H3,(H,39,44)(H3,37,38,40)/t26-,27-,29-,30-,31+,35+/m1/s1. The van der Waals surface area contributed by atoms with E-state index in [9.17, 15) is 19.7 Å². The molecular weight excluding hydrogens is 611 g/mol. The Morgan fingerprint density at radius 2 is 1.88 bits per heavy atom. The summed E-state index contributed by atoms with van der Waals surface area (Å²) in [6, 6.07) is 0. The van der Waals surface area contributed by atoms with Crippen molar-refractivity contribution in [2.75, 3.05) is 26.2 Å². The van der Waals surface area contributed by atoms with Gasteiger partial charge in [0.25, 0.3) is 5.96 Å². The highest BCUT2D eigenvalue weighted by Gasteiger charge is 2.68. The van der Waals surface area contributed by atoms with Gasteiger partial charge in [-0.15, -0.1) is 0 Å². The van der Waals surface area contributed by atoms with E-state index in [0.29, 0.717) is 49.4 Å². The first kappa shape index (κ1) is 38.6. The van der Waals surface area contributed by atoms with Crippen LogP contribution in [0.5, 0.6) is 0 Å². The zero-order valence-corrected chi connectivity index (χ0v) is 30.5. The van der Waals surface area contributed by atoms with Crippen molar-refractivity contribution in [2.45, 2.75) is 143 Å². The van der Waals surface area contributed by atoms with Crippen molar-refractivity contribution in [2.24, 2.45) is 45.7 Å². The van der Waals surface area contributed by atoms with Crippen LogP contribution in [0.4, 0.5) is 0 Å². The molecule has 5 fully saturated rings.